The van der Waals surface area contributed by atoms with Crippen LogP contribution >= 0.6 is 0 Å². The molecule has 0 saturated carbocycles. The van der Waals surface area contributed by atoms with Crippen molar-refractivity contribution in [3.05, 3.63) is 60.7 Å². The first-order chi connectivity index (χ1) is 22.4. The molecule has 0 aromatic heterocycles. The van der Waals surface area contributed by atoms with Gasteiger partial charge in [-0.15, -0.1) is 6.58 Å². The van der Waals surface area contributed by atoms with Gasteiger partial charge in [0.2, 0.25) is 5.91 Å². The van der Waals surface area contributed by atoms with Gasteiger partial charge in [-0.1, -0.05) is 69.3 Å². The molecule has 1 heterocycles. The molecule has 1 fully saturated rings. The van der Waals surface area contributed by atoms with Crippen molar-refractivity contribution in [1.82, 2.24) is 9.80 Å². The molecule has 2 aromatic carbocycles. The lowest BCUT2D eigenvalue weighted by molar-refractivity contribution is -0.149. The normalized spacial score (nSPS) is 18.5. The minimum absolute atomic E-state index is 0.0195. The molecule has 3 rings (SSSR count). The molecule has 0 N–H and O–H groups in total. The summed E-state index contributed by atoms with van der Waals surface area (Å²) < 4.78 is 10.6. The minimum atomic E-state index is -0.821. The monoisotopic (exact) mass is 662 g/mol. The molecule has 0 unspecified atom stereocenters. The van der Waals surface area contributed by atoms with Crippen LogP contribution < -0.4 is 0 Å². The molecular formula is C39H54N2O7. The van der Waals surface area contributed by atoms with Crippen molar-refractivity contribution in [1.29, 1.82) is 0 Å². The Balaban J connectivity index is 1.84. The molecule has 0 bridgehead atoms. The van der Waals surface area contributed by atoms with Crippen LogP contribution in [-0.4, -0.2) is 77.7 Å². The third kappa shape index (κ3) is 10.0. The van der Waals surface area contributed by atoms with Gasteiger partial charge in [-0.3, -0.25) is 19.2 Å². The maximum absolute atomic E-state index is 14.4. The Morgan fingerprint density at radius 3 is 2.23 bits per heavy atom. The van der Waals surface area contributed by atoms with Gasteiger partial charge in [0.15, 0.2) is 11.6 Å². The van der Waals surface area contributed by atoms with E-state index in [0.717, 1.165) is 16.3 Å². The van der Waals surface area contributed by atoms with Crippen LogP contribution in [0.5, 0.6) is 0 Å². The number of fused-ring (bicyclic) bond motifs is 1. The summed E-state index contributed by atoms with van der Waals surface area (Å²) in [4.78, 5) is 70.6. The van der Waals surface area contributed by atoms with Crippen LogP contribution in [0.15, 0.2) is 55.1 Å². The Labute approximate surface area is 286 Å². The first-order valence-corrected chi connectivity index (χ1v) is 16.8. The van der Waals surface area contributed by atoms with Crippen molar-refractivity contribution < 1.29 is 33.4 Å². The zero-order chi connectivity index (χ0) is 36.0. The fraction of sp³-hybridized carbons (Fsp3) is 0.564. The second-order valence-electron chi connectivity index (χ2n) is 15.3. The highest BCUT2D eigenvalue weighted by atomic mass is 16.6. The number of carbonyl (C=O) groups excluding carboxylic acids is 5. The molecule has 1 aliphatic rings. The second kappa shape index (κ2) is 15.9. The maximum Gasteiger partial charge on any atom is 0.410 e. The van der Waals surface area contributed by atoms with Gasteiger partial charge in [-0.2, -0.15) is 0 Å². The van der Waals surface area contributed by atoms with E-state index in [1.165, 1.54) is 19.1 Å². The second-order valence-corrected chi connectivity index (χ2v) is 15.3. The number of esters is 1. The van der Waals surface area contributed by atoms with Crippen molar-refractivity contribution in [2.45, 2.75) is 98.3 Å². The number of nitrogens with zero attached hydrogens (tertiary/aromatic N) is 2. The summed E-state index contributed by atoms with van der Waals surface area (Å²) in [6.07, 6.45) is 2.38. The molecule has 9 heteroatoms. The van der Waals surface area contributed by atoms with E-state index in [9.17, 15) is 24.0 Å². The number of carbonyl (C=O) groups is 5. The lowest BCUT2D eigenvalue weighted by Gasteiger charge is -2.36. The van der Waals surface area contributed by atoms with E-state index in [4.69, 9.17) is 9.47 Å². The van der Waals surface area contributed by atoms with Gasteiger partial charge in [0.25, 0.3) is 0 Å². The smallest absolute Gasteiger partial charge is 0.410 e. The molecule has 1 saturated heterocycles. The number of likely N-dealkylation sites (tertiary alicyclic amines) is 1. The number of benzene rings is 2. The van der Waals surface area contributed by atoms with Gasteiger partial charge >= 0.3 is 12.1 Å². The van der Waals surface area contributed by atoms with Crippen LogP contribution in [0.1, 0.15) is 79.7 Å². The Hall–Kier alpha value is -4.01. The SMILES string of the molecule is C=CC[C@H]1C[C@@H](C(=O)C[C@@H](Cc2ccc3ccccc3c2)C(=O)OC)N(C(=O)[C@@H](CC(=O)[C@H](C)N(C)C(=O)OC(C)(C)C)C(C)(C)C)C1. The van der Waals surface area contributed by atoms with Crippen molar-refractivity contribution in [3.63, 3.8) is 0 Å². The highest BCUT2D eigenvalue weighted by molar-refractivity contribution is 5.95. The third-order valence-electron chi connectivity index (χ3n) is 9.30. The van der Waals surface area contributed by atoms with Gasteiger partial charge in [0.1, 0.15) is 5.60 Å². The Morgan fingerprint density at radius 1 is 1.00 bits per heavy atom. The Bertz CT molecular complexity index is 1500. The predicted molar refractivity (Wildman–Crippen MR) is 187 cm³/mol. The largest absolute Gasteiger partial charge is 0.469 e. The van der Waals surface area contributed by atoms with Crippen molar-refractivity contribution in [2.24, 2.45) is 23.2 Å². The summed E-state index contributed by atoms with van der Waals surface area (Å²) in [6.45, 7) is 16.8. The number of ketones is 2. The number of hydrogen-bond donors (Lipinski definition) is 0. The third-order valence-corrected chi connectivity index (χ3v) is 9.30. The highest BCUT2D eigenvalue weighted by Crippen LogP contribution is 2.36. The van der Waals surface area contributed by atoms with E-state index in [1.54, 1.807) is 38.7 Å². The molecule has 1 aliphatic heterocycles. The molecule has 0 spiro atoms. The Kier molecular flexibility index (Phi) is 12.8. The number of hydrogen-bond acceptors (Lipinski definition) is 7. The first kappa shape index (κ1) is 38.4. The zero-order valence-electron chi connectivity index (χ0n) is 30.2. The fourth-order valence-electron chi connectivity index (χ4n) is 6.36. The van der Waals surface area contributed by atoms with E-state index >= 15 is 0 Å². The van der Waals surface area contributed by atoms with E-state index < -0.39 is 47.0 Å². The predicted octanol–water partition coefficient (Wildman–Crippen LogP) is 6.80. The Morgan fingerprint density at radius 2 is 1.65 bits per heavy atom. The van der Waals surface area contributed by atoms with Crippen molar-refractivity contribution in [3.8, 4) is 0 Å². The number of methoxy groups -OCH3 is 1. The molecule has 0 radical (unpaired) electrons. The molecule has 48 heavy (non-hydrogen) atoms. The zero-order valence-corrected chi connectivity index (χ0v) is 30.2. The number of ether oxygens (including phenoxy) is 2. The van der Waals surface area contributed by atoms with Crippen LogP contribution in [-0.2, 0) is 35.1 Å². The first-order valence-electron chi connectivity index (χ1n) is 16.8. The van der Waals surface area contributed by atoms with Crippen LogP contribution in [0, 0.1) is 23.2 Å². The average Bonchev–Trinajstić information content (AvgIpc) is 3.44. The van der Waals surface area contributed by atoms with Crippen LogP contribution in [0.2, 0.25) is 0 Å². The van der Waals surface area contributed by atoms with E-state index in [2.05, 4.69) is 6.58 Å². The van der Waals surface area contributed by atoms with E-state index in [1.807, 2.05) is 63.2 Å². The van der Waals surface area contributed by atoms with E-state index in [-0.39, 0.29) is 36.2 Å². The summed E-state index contributed by atoms with van der Waals surface area (Å²) in [7, 11) is 2.83. The fourth-order valence-corrected chi connectivity index (χ4v) is 6.36. The number of rotatable bonds is 13. The summed E-state index contributed by atoms with van der Waals surface area (Å²) in [5.74, 6) is -2.68. The summed E-state index contributed by atoms with van der Waals surface area (Å²) >= 11 is 0. The van der Waals surface area contributed by atoms with Gasteiger partial charge in [-0.05, 0) is 74.6 Å². The summed E-state index contributed by atoms with van der Waals surface area (Å²) in [6, 6.07) is 12.4. The van der Waals surface area contributed by atoms with Gasteiger partial charge in [0.05, 0.1) is 25.1 Å². The number of amides is 2. The molecular weight excluding hydrogens is 608 g/mol. The van der Waals surface area contributed by atoms with Crippen molar-refractivity contribution >= 4 is 40.3 Å². The van der Waals surface area contributed by atoms with Gasteiger partial charge in [-0.25, -0.2) is 4.79 Å². The van der Waals surface area contributed by atoms with Crippen LogP contribution in [0.25, 0.3) is 10.8 Å². The molecule has 2 amide bonds. The lowest BCUT2D eigenvalue weighted by Crippen LogP contribution is -2.49. The number of allylic oxidation sites excluding steroid dienone is 1. The number of likely N-dealkylation sites (N-methyl/N-ethyl adjacent to an activating group) is 1. The number of Topliss-reactive ketones (excluding diaryl/α,β-unsaturated/α-hetero) is 2. The van der Waals surface area contributed by atoms with Gasteiger partial charge in [0, 0.05) is 32.4 Å². The minimum Gasteiger partial charge on any atom is -0.469 e. The van der Waals surface area contributed by atoms with Crippen LogP contribution in [0.4, 0.5) is 4.79 Å². The molecule has 5 atom stereocenters. The molecule has 262 valence electrons. The maximum atomic E-state index is 14.4. The molecule has 0 aliphatic carbocycles. The quantitative estimate of drug-likeness (QED) is 0.171. The average molecular weight is 663 g/mol. The van der Waals surface area contributed by atoms with Gasteiger partial charge < -0.3 is 19.3 Å². The summed E-state index contributed by atoms with van der Waals surface area (Å²) in [5, 5.41) is 2.12. The van der Waals surface area contributed by atoms with Crippen molar-refractivity contribution in [2.75, 3.05) is 20.7 Å². The molecule has 2 aromatic rings. The van der Waals surface area contributed by atoms with Crippen LogP contribution in [0.3, 0.4) is 0 Å². The lowest BCUT2D eigenvalue weighted by atomic mass is 9.76. The van der Waals surface area contributed by atoms with E-state index in [0.29, 0.717) is 25.8 Å². The topological polar surface area (TPSA) is 110 Å². The highest BCUT2D eigenvalue weighted by Gasteiger charge is 2.45. The standard InChI is InChI=1S/C39H54N2O7/c1-11-14-27-21-32(34(43)22-30(36(45)47-10)20-26-17-18-28-15-12-13-16-29(28)19-26)41(24-27)35(44)31(38(3,4)5)23-33(42)25(2)40(9)37(46)48-39(6,7)8/h11-13,15-19,25,27,30-32H,1,14,20-24H2,2-10H3/t25-,27-,30+,31+,32-/m0/s1. The molecule has 9 nitrogen and oxygen atoms in total. The summed E-state index contributed by atoms with van der Waals surface area (Å²) in [5.41, 5.74) is -0.427.